The Balaban J connectivity index is 1.28. The van der Waals surface area contributed by atoms with Crippen LogP contribution in [-0.2, 0) is 6.42 Å². The van der Waals surface area contributed by atoms with Crippen molar-refractivity contribution in [3.63, 3.8) is 0 Å². The van der Waals surface area contributed by atoms with Gasteiger partial charge in [0.05, 0.1) is 0 Å². The zero-order chi connectivity index (χ0) is 15.5. The van der Waals surface area contributed by atoms with Crippen LogP contribution < -0.4 is 4.90 Å². The number of anilines is 1. The van der Waals surface area contributed by atoms with Crippen molar-refractivity contribution in [2.75, 3.05) is 37.6 Å². The van der Waals surface area contributed by atoms with Crippen LogP contribution in [0.4, 0.5) is 5.69 Å². The number of fused-ring (bicyclic) bond motifs is 1. The van der Waals surface area contributed by atoms with Gasteiger partial charge in [-0.3, -0.25) is 4.90 Å². The maximum absolute atomic E-state index is 2.65. The van der Waals surface area contributed by atoms with E-state index in [0.717, 1.165) is 19.0 Å². The van der Waals surface area contributed by atoms with Gasteiger partial charge in [-0.15, -0.1) is 0 Å². The smallest absolute Gasteiger partial charge is 0.0367 e. The van der Waals surface area contributed by atoms with E-state index in [0.29, 0.717) is 0 Å². The molecule has 1 fully saturated rings. The van der Waals surface area contributed by atoms with E-state index in [2.05, 4.69) is 64.4 Å². The highest BCUT2D eigenvalue weighted by Gasteiger charge is 2.23. The molecule has 1 atom stereocenters. The average molecular weight is 306 g/mol. The molecule has 2 aromatic carbocycles. The van der Waals surface area contributed by atoms with Crippen LogP contribution in [0.3, 0.4) is 0 Å². The summed E-state index contributed by atoms with van der Waals surface area (Å²) in [5, 5.41) is 0. The third-order valence-corrected chi connectivity index (χ3v) is 5.54. The molecule has 1 heterocycles. The van der Waals surface area contributed by atoms with Gasteiger partial charge in [-0.25, -0.2) is 0 Å². The summed E-state index contributed by atoms with van der Waals surface area (Å²) in [4.78, 5) is 5.17. The van der Waals surface area contributed by atoms with E-state index in [9.17, 15) is 0 Å². The van der Waals surface area contributed by atoms with Crippen LogP contribution in [0, 0.1) is 0 Å². The molecule has 2 heteroatoms. The van der Waals surface area contributed by atoms with Gasteiger partial charge in [0.2, 0.25) is 0 Å². The van der Waals surface area contributed by atoms with E-state index in [-0.39, 0.29) is 0 Å². The van der Waals surface area contributed by atoms with Crippen molar-refractivity contribution in [2.24, 2.45) is 0 Å². The molecular formula is C21H26N2. The van der Waals surface area contributed by atoms with Crippen LogP contribution in [0.5, 0.6) is 0 Å². The summed E-state index contributed by atoms with van der Waals surface area (Å²) in [7, 11) is 0. The zero-order valence-corrected chi connectivity index (χ0v) is 13.8. The summed E-state index contributed by atoms with van der Waals surface area (Å²) in [5.41, 5.74) is 4.58. The summed E-state index contributed by atoms with van der Waals surface area (Å²) in [6.45, 7) is 5.96. The fourth-order valence-electron chi connectivity index (χ4n) is 4.15. The summed E-state index contributed by atoms with van der Waals surface area (Å²) < 4.78 is 0. The predicted octanol–water partition coefficient (Wildman–Crippen LogP) is 3.93. The molecular weight excluding hydrogens is 280 g/mol. The van der Waals surface area contributed by atoms with Crippen LogP contribution in [0.1, 0.15) is 29.9 Å². The van der Waals surface area contributed by atoms with Crippen molar-refractivity contribution in [3.8, 4) is 0 Å². The molecule has 0 radical (unpaired) electrons. The van der Waals surface area contributed by atoms with Crippen LogP contribution in [0.2, 0.25) is 0 Å². The maximum atomic E-state index is 2.65. The quantitative estimate of drug-likeness (QED) is 0.844. The van der Waals surface area contributed by atoms with E-state index in [4.69, 9.17) is 0 Å². The summed E-state index contributed by atoms with van der Waals surface area (Å²) in [6, 6.07) is 19.9. The number of hydrogen-bond acceptors (Lipinski definition) is 2. The second kappa shape index (κ2) is 6.76. The largest absolute Gasteiger partial charge is 0.369 e. The minimum absolute atomic E-state index is 0.790. The number of benzene rings is 2. The minimum Gasteiger partial charge on any atom is -0.369 e. The number of rotatable bonds is 4. The molecule has 1 saturated heterocycles. The van der Waals surface area contributed by atoms with E-state index in [1.54, 1.807) is 11.1 Å². The lowest BCUT2D eigenvalue weighted by atomic mass is 9.97. The van der Waals surface area contributed by atoms with E-state index >= 15 is 0 Å². The molecule has 2 aromatic rings. The molecule has 0 spiro atoms. The standard InChI is InChI=1S/C21H26N2/c1-2-7-20(8-3-1)23-16-14-22(15-17-23)13-12-19-11-10-18-6-4-5-9-21(18)19/h1-9,19H,10-17H2. The number of para-hydroxylation sites is 1. The van der Waals surface area contributed by atoms with Crippen molar-refractivity contribution in [1.29, 1.82) is 0 Å². The molecule has 120 valence electrons. The minimum atomic E-state index is 0.790. The van der Waals surface area contributed by atoms with Crippen molar-refractivity contribution in [3.05, 3.63) is 65.7 Å². The van der Waals surface area contributed by atoms with E-state index in [1.807, 2.05) is 0 Å². The number of aryl methyl sites for hydroxylation is 1. The summed E-state index contributed by atoms with van der Waals surface area (Å²) >= 11 is 0. The van der Waals surface area contributed by atoms with E-state index < -0.39 is 0 Å². The lowest BCUT2D eigenvalue weighted by Gasteiger charge is -2.36. The SMILES string of the molecule is c1ccc(N2CCN(CCC3CCc4ccccc43)CC2)cc1. The third-order valence-electron chi connectivity index (χ3n) is 5.54. The van der Waals surface area contributed by atoms with E-state index in [1.165, 1.54) is 44.6 Å². The molecule has 1 aliphatic carbocycles. The van der Waals surface area contributed by atoms with Crippen LogP contribution in [0.15, 0.2) is 54.6 Å². The zero-order valence-electron chi connectivity index (χ0n) is 13.8. The first-order valence-corrected chi connectivity index (χ1v) is 9.00. The Labute approximate surface area is 139 Å². The number of nitrogens with zero attached hydrogens (tertiary/aromatic N) is 2. The van der Waals surface area contributed by atoms with Gasteiger partial charge >= 0.3 is 0 Å². The molecule has 0 N–H and O–H groups in total. The second-order valence-electron chi connectivity index (χ2n) is 6.89. The first kappa shape index (κ1) is 14.8. The molecule has 1 aliphatic heterocycles. The van der Waals surface area contributed by atoms with Crippen LogP contribution >= 0.6 is 0 Å². The molecule has 2 nitrogen and oxygen atoms in total. The first-order chi connectivity index (χ1) is 11.4. The molecule has 2 aliphatic rings. The van der Waals surface area contributed by atoms with Gasteiger partial charge in [-0.05, 0) is 55.0 Å². The highest BCUT2D eigenvalue weighted by molar-refractivity contribution is 5.46. The molecule has 1 unspecified atom stereocenters. The second-order valence-corrected chi connectivity index (χ2v) is 6.89. The molecule has 0 amide bonds. The Morgan fingerprint density at radius 2 is 1.57 bits per heavy atom. The number of piperazine rings is 1. The van der Waals surface area contributed by atoms with Gasteiger partial charge in [0.25, 0.3) is 0 Å². The Morgan fingerprint density at radius 3 is 2.39 bits per heavy atom. The Bertz CT molecular complexity index is 629. The Kier molecular flexibility index (Phi) is 4.34. The lowest BCUT2D eigenvalue weighted by Crippen LogP contribution is -2.46. The maximum Gasteiger partial charge on any atom is 0.0367 e. The molecule has 23 heavy (non-hydrogen) atoms. The lowest BCUT2D eigenvalue weighted by molar-refractivity contribution is 0.248. The fourth-order valence-corrected chi connectivity index (χ4v) is 4.15. The van der Waals surface area contributed by atoms with Gasteiger partial charge in [-0.2, -0.15) is 0 Å². The van der Waals surface area contributed by atoms with Crippen LogP contribution in [0.25, 0.3) is 0 Å². The summed E-state index contributed by atoms with van der Waals surface area (Å²) in [6.07, 6.45) is 3.95. The topological polar surface area (TPSA) is 6.48 Å². The first-order valence-electron chi connectivity index (χ1n) is 9.00. The predicted molar refractivity (Wildman–Crippen MR) is 97.2 cm³/mol. The highest BCUT2D eigenvalue weighted by atomic mass is 15.3. The average Bonchev–Trinajstić information content (AvgIpc) is 3.04. The highest BCUT2D eigenvalue weighted by Crippen LogP contribution is 2.35. The van der Waals surface area contributed by atoms with Gasteiger partial charge in [-0.1, -0.05) is 42.5 Å². The molecule has 0 aromatic heterocycles. The van der Waals surface area contributed by atoms with Gasteiger partial charge < -0.3 is 4.90 Å². The Morgan fingerprint density at radius 1 is 0.826 bits per heavy atom. The Hall–Kier alpha value is -1.80. The van der Waals surface area contributed by atoms with Crippen molar-refractivity contribution >= 4 is 5.69 Å². The fraction of sp³-hybridized carbons (Fsp3) is 0.429. The normalized spacial score (nSPS) is 21.4. The summed E-state index contributed by atoms with van der Waals surface area (Å²) in [5.74, 6) is 0.790. The molecule has 0 bridgehead atoms. The van der Waals surface area contributed by atoms with Crippen molar-refractivity contribution in [2.45, 2.75) is 25.2 Å². The van der Waals surface area contributed by atoms with Gasteiger partial charge in [0.1, 0.15) is 0 Å². The number of hydrogen-bond donors (Lipinski definition) is 0. The van der Waals surface area contributed by atoms with Crippen molar-refractivity contribution in [1.82, 2.24) is 4.90 Å². The van der Waals surface area contributed by atoms with Crippen molar-refractivity contribution < 1.29 is 0 Å². The van der Waals surface area contributed by atoms with Crippen LogP contribution in [-0.4, -0.2) is 37.6 Å². The molecule has 0 saturated carbocycles. The van der Waals surface area contributed by atoms with Gasteiger partial charge in [0.15, 0.2) is 0 Å². The monoisotopic (exact) mass is 306 g/mol. The third kappa shape index (κ3) is 3.28. The molecule has 4 rings (SSSR count). The van der Waals surface area contributed by atoms with Gasteiger partial charge in [0, 0.05) is 31.9 Å².